The van der Waals surface area contributed by atoms with Crippen molar-refractivity contribution in [3.05, 3.63) is 0 Å². The molecule has 29 heavy (non-hydrogen) atoms. The van der Waals surface area contributed by atoms with Crippen LogP contribution in [0.25, 0.3) is 0 Å². The monoisotopic (exact) mass is 475 g/mol. The molecule has 0 fully saturated rings. The normalized spacial score (nSPS) is 11.6. The Kier molecular flexibility index (Phi) is 26.9. The largest absolute Gasteiger partial charge is 1.00 e. The third-order valence-electron chi connectivity index (χ3n) is 6.48. The summed E-state index contributed by atoms with van der Waals surface area (Å²) in [4.78, 5) is 0. The minimum atomic E-state index is 0. The van der Waals surface area contributed by atoms with Gasteiger partial charge in [0.1, 0.15) is 0 Å². The number of quaternary nitrogens is 1. The average Bonchev–Trinajstić information content (AvgIpc) is 2.67. The molecule has 0 aromatic rings. The number of nitrogens with zero attached hydrogens (tertiary/aromatic N) is 1. The molecule has 0 unspecified atom stereocenters. The highest BCUT2D eigenvalue weighted by Crippen LogP contribution is 2.14. The lowest BCUT2D eigenvalue weighted by Crippen LogP contribution is -3.00. The second kappa shape index (κ2) is 24.7. The van der Waals surface area contributed by atoms with E-state index in [0.717, 1.165) is 0 Å². The van der Waals surface area contributed by atoms with E-state index in [1.54, 1.807) is 0 Å². The molecule has 0 atom stereocenters. The van der Waals surface area contributed by atoms with Crippen LogP contribution in [-0.4, -0.2) is 31.7 Å². The third-order valence-corrected chi connectivity index (χ3v) is 6.48. The van der Waals surface area contributed by atoms with Crippen molar-refractivity contribution in [2.75, 3.05) is 27.2 Å². The zero-order valence-electron chi connectivity index (χ0n) is 21.1. The van der Waals surface area contributed by atoms with E-state index in [1.807, 2.05) is 0 Å². The molecule has 0 aliphatic heterocycles. The van der Waals surface area contributed by atoms with Crippen LogP contribution < -0.4 is 17.0 Å². The molecule has 0 saturated heterocycles. The van der Waals surface area contributed by atoms with Crippen LogP contribution >= 0.6 is 0 Å². The maximum Gasteiger partial charge on any atom is 0.0782 e. The summed E-state index contributed by atoms with van der Waals surface area (Å²) in [6.45, 7) is 7.37. The first-order valence-electron chi connectivity index (χ1n) is 13.4. The number of hydrogen-bond donors (Lipinski definition) is 0. The van der Waals surface area contributed by atoms with Crippen molar-refractivity contribution in [3.63, 3.8) is 0 Å². The van der Waals surface area contributed by atoms with Crippen LogP contribution in [0.3, 0.4) is 0 Å². The van der Waals surface area contributed by atoms with Crippen molar-refractivity contribution in [1.82, 2.24) is 0 Å². The van der Waals surface area contributed by atoms with Gasteiger partial charge in [-0.25, -0.2) is 0 Å². The minimum Gasteiger partial charge on any atom is -1.00 e. The second-order valence-electron chi connectivity index (χ2n) is 10.1. The summed E-state index contributed by atoms with van der Waals surface area (Å²) in [6.07, 6.45) is 30.5. The van der Waals surface area contributed by atoms with Crippen LogP contribution in [0.5, 0.6) is 0 Å². The predicted molar refractivity (Wildman–Crippen MR) is 130 cm³/mol. The Morgan fingerprint density at radius 1 is 0.345 bits per heavy atom. The Bertz CT molecular complexity index is 290. The van der Waals surface area contributed by atoms with E-state index < -0.39 is 0 Å². The van der Waals surface area contributed by atoms with Crippen molar-refractivity contribution in [3.8, 4) is 0 Å². The van der Waals surface area contributed by atoms with Gasteiger partial charge in [0, 0.05) is 0 Å². The molecule has 0 aromatic carbocycles. The molecule has 0 aromatic heterocycles. The summed E-state index contributed by atoms with van der Waals surface area (Å²) in [5.41, 5.74) is 0. The maximum absolute atomic E-state index is 2.45. The van der Waals surface area contributed by atoms with Gasteiger partial charge in [-0.15, -0.1) is 0 Å². The van der Waals surface area contributed by atoms with Gasteiger partial charge in [0.15, 0.2) is 0 Å². The van der Waals surface area contributed by atoms with Gasteiger partial charge in [-0.2, -0.15) is 0 Å². The number of rotatable bonds is 23. The van der Waals surface area contributed by atoms with E-state index in [-0.39, 0.29) is 17.0 Å². The molecule has 0 heterocycles. The van der Waals surface area contributed by atoms with E-state index >= 15 is 0 Å². The van der Waals surface area contributed by atoms with Crippen molar-refractivity contribution in [2.45, 2.75) is 149 Å². The van der Waals surface area contributed by atoms with E-state index in [0.29, 0.717) is 0 Å². The standard InChI is InChI=1S/C27H58N.BrH/c1-5-7-9-11-13-15-17-19-21-23-25-27-28(3,4)26-24-22-20-18-16-14-12-10-8-6-2;/h5-27H2,1-4H3;1H/q+1;/p-1. The highest BCUT2D eigenvalue weighted by molar-refractivity contribution is 4.50. The maximum atomic E-state index is 2.45. The van der Waals surface area contributed by atoms with Crippen LogP contribution in [0.15, 0.2) is 0 Å². The van der Waals surface area contributed by atoms with Crippen molar-refractivity contribution in [1.29, 1.82) is 0 Å². The highest BCUT2D eigenvalue weighted by atomic mass is 79.9. The lowest BCUT2D eigenvalue weighted by Gasteiger charge is -2.30. The Balaban J connectivity index is 0. The lowest BCUT2D eigenvalue weighted by molar-refractivity contribution is -0.890. The molecular formula is C27H58BrN. The van der Waals surface area contributed by atoms with Gasteiger partial charge in [-0.05, 0) is 25.7 Å². The zero-order valence-corrected chi connectivity index (χ0v) is 22.7. The fourth-order valence-corrected chi connectivity index (χ4v) is 4.34. The average molecular weight is 477 g/mol. The molecule has 0 bridgehead atoms. The molecule has 0 amide bonds. The summed E-state index contributed by atoms with van der Waals surface area (Å²) in [7, 11) is 4.90. The van der Waals surface area contributed by atoms with Crippen LogP contribution in [0.1, 0.15) is 149 Å². The Labute approximate surface area is 197 Å². The second-order valence-corrected chi connectivity index (χ2v) is 10.1. The number of hydrogen-bond acceptors (Lipinski definition) is 0. The quantitative estimate of drug-likeness (QED) is 0.120. The van der Waals surface area contributed by atoms with E-state index in [2.05, 4.69) is 27.9 Å². The molecule has 0 radical (unpaired) electrons. The Morgan fingerprint density at radius 3 is 0.793 bits per heavy atom. The summed E-state index contributed by atoms with van der Waals surface area (Å²) >= 11 is 0. The van der Waals surface area contributed by atoms with Crippen molar-refractivity contribution in [2.24, 2.45) is 0 Å². The van der Waals surface area contributed by atoms with Gasteiger partial charge in [0.25, 0.3) is 0 Å². The fraction of sp³-hybridized carbons (Fsp3) is 1.00. The molecule has 0 rings (SSSR count). The van der Waals surface area contributed by atoms with E-state index in [9.17, 15) is 0 Å². The predicted octanol–water partition coefficient (Wildman–Crippen LogP) is 6.30. The van der Waals surface area contributed by atoms with Gasteiger partial charge in [0.05, 0.1) is 27.2 Å². The molecule has 0 aliphatic rings. The topological polar surface area (TPSA) is 0 Å². The first-order chi connectivity index (χ1) is 13.6. The fourth-order valence-electron chi connectivity index (χ4n) is 4.34. The lowest BCUT2D eigenvalue weighted by atomic mass is 10.1. The van der Waals surface area contributed by atoms with Gasteiger partial charge in [-0.3, -0.25) is 0 Å². The molecule has 178 valence electrons. The van der Waals surface area contributed by atoms with Gasteiger partial charge in [0.2, 0.25) is 0 Å². The zero-order chi connectivity index (χ0) is 20.8. The SMILES string of the molecule is CCCCCCCCCCCCC[N+](C)(C)CCCCCCCCCCCC.[Br-]. The van der Waals surface area contributed by atoms with Crippen LogP contribution in [0.2, 0.25) is 0 Å². The van der Waals surface area contributed by atoms with Gasteiger partial charge < -0.3 is 21.5 Å². The Hall–Kier alpha value is 0.440. The first-order valence-corrected chi connectivity index (χ1v) is 13.4. The molecule has 0 saturated carbocycles. The molecule has 1 nitrogen and oxygen atoms in total. The summed E-state index contributed by atoms with van der Waals surface area (Å²) in [6, 6.07) is 0. The summed E-state index contributed by atoms with van der Waals surface area (Å²) in [5.74, 6) is 0. The van der Waals surface area contributed by atoms with Crippen molar-refractivity contribution < 1.29 is 21.5 Å². The molecule has 0 N–H and O–H groups in total. The molecule has 0 spiro atoms. The molecule has 0 aliphatic carbocycles. The van der Waals surface area contributed by atoms with E-state index in [4.69, 9.17) is 0 Å². The minimum absolute atomic E-state index is 0. The van der Waals surface area contributed by atoms with Gasteiger partial charge in [-0.1, -0.05) is 123 Å². The molecular weight excluding hydrogens is 418 g/mol. The highest BCUT2D eigenvalue weighted by Gasteiger charge is 2.13. The molecule has 2 heteroatoms. The van der Waals surface area contributed by atoms with Crippen LogP contribution in [0, 0.1) is 0 Å². The Morgan fingerprint density at radius 2 is 0.552 bits per heavy atom. The summed E-state index contributed by atoms with van der Waals surface area (Å²) < 4.78 is 1.24. The van der Waals surface area contributed by atoms with Gasteiger partial charge >= 0.3 is 0 Å². The third kappa shape index (κ3) is 26.4. The smallest absolute Gasteiger partial charge is 0.0782 e. The first kappa shape index (κ1) is 31.6. The van der Waals surface area contributed by atoms with E-state index in [1.165, 1.54) is 152 Å². The number of halogens is 1. The summed E-state index contributed by atoms with van der Waals surface area (Å²) in [5, 5.41) is 0. The van der Waals surface area contributed by atoms with Crippen LogP contribution in [-0.2, 0) is 0 Å². The van der Waals surface area contributed by atoms with Crippen molar-refractivity contribution >= 4 is 0 Å². The van der Waals surface area contributed by atoms with Crippen LogP contribution in [0.4, 0.5) is 0 Å². The number of unbranched alkanes of at least 4 members (excludes halogenated alkanes) is 19.